The van der Waals surface area contributed by atoms with Crippen LogP contribution in [0.1, 0.15) is 40.5 Å². The first-order valence-electron chi connectivity index (χ1n) is 17.6. The molecule has 1 saturated heterocycles. The van der Waals surface area contributed by atoms with Crippen molar-refractivity contribution in [3.63, 3.8) is 0 Å². The molecule has 53 heavy (non-hydrogen) atoms. The first-order chi connectivity index (χ1) is 25.6. The molecule has 15 nitrogen and oxygen atoms in total. The van der Waals surface area contributed by atoms with Gasteiger partial charge in [-0.1, -0.05) is 0 Å². The van der Waals surface area contributed by atoms with Crippen LogP contribution in [0.4, 0.5) is 0 Å². The minimum atomic E-state index is -1.11. The molecule has 2 aliphatic heterocycles. The van der Waals surface area contributed by atoms with Crippen LogP contribution in [0.2, 0.25) is 0 Å². The molecule has 3 aromatic rings. The number of aromatic amines is 1. The lowest BCUT2D eigenvalue weighted by atomic mass is 9.63. The number of aliphatic hydroxyl groups is 4. The highest BCUT2D eigenvalue weighted by molar-refractivity contribution is 5.91. The van der Waals surface area contributed by atoms with Gasteiger partial charge in [-0.05, 0) is 60.9 Å². The second-order valence-electron chi connectivity index (χ2n) is 13.8. The zero-order valence-electron chi connectivity index (χ0n) is 31.1. The average Bonchev–Trinajstić information content (AvgIpc) is 3.58. The normalized spacial score (nSPS) is 23.7. The minimum absolute atomic E-state index is 0.0170. The SMILES string of the molecule is COC(=O)[C@H]1[C@H]2C[C@@H]3c4[nH]c5cc(OC)ccc5c4CCN3C[C@H]2C[C@@H](OC(=O)c2cc(OC)c(OC)c(OC)c2)[C@@H]1OC.OCC(CO)(CO)CO. The molecule has 6 atom stereocenters. The van der Waals surface area contributed by atoms with Crippen molar-refractivity contribution in [3.8, 4) is 23.0 Å². The summed E-state index contributed by atoms with van der Waals surface area (Å²) in [5.74, 6) is 0.441. The van der Waals surface area contributed by atoms with E-state index in [9.17, 15) is 9.59 Å². The molecule has 0 amide bonds. The Kier molecular flexibility index (Phi) is 13.1. The van der Waals surface area contributed by atoms with Crippen LogP contribution in [0.3, 0.4) is 0 Å². The molecule has 1 aromatic heterocycles. The molecule has 1 aliphatic carbocycles. The highest BCUT2D eigenvalue weighted by atomic mass is 16.6. The number of nitrogens with zero attached hydrogens (tertiary/aromatic N) is 1. The number of ether oxygens (including phenoxy) is 7. The summed E-state index contributed by atoms with van der Waals surface area (Å²) in [4.78, 5) is 33.1. The number of carbonyl (C=O) groups is 2. The maximum atomic E-state index is 13.5. The van der Waals surface area contributed by atoms with Crippen LogP contribution >= 0.6 is 0 Å². The van der Waals surface area contributed by atoms with E-state index in [-0.39, 0.29) is 29.4 Å². The second kappa shape index (κ2) is 17.3. The van der Waals surface area contributed by atoms with Gasteiger partial charge in [0.25, 0.3) is 0 Å². The van der Waals surface area contributed by atoms with Gasteiger partial charge in [0.1, 0.15) is 18.0 Å². The number of benzene rings is 2. The van der Waals surface area contributed by atoms with E-state index in [1.54, 1.807) is 26.4 Å². The molecule has 3 aliphatic rings. The van der Waals surface area contributed by atoms with Crippen LogP contribution in [-0.2, 0) is 25.4 Å². The molecule has 2 fully saturated rings. The smallest absolute Gasteiger partial charge is 0.338 e. The number of nitrogens with one attached hydrogen (secondary N) is 1. The van der Waals surface area contributed by atoms with E-state index in [2.05, 4.69) is 16.0 Å². The molecule has 5 N–H and O–H groups in total. The van der Waals surface area contributed by atoms with Crippen molar-refractivity contribution in [2.75, 3.05) is 82.2 Å². The number of aromatic nitrogens is 1. The first-order valence-corrected chi connectivity index (χ1v) is 17.6. The van der Waals surface area contributed by atoms with Gasteiger partial charge in [0, 0.05) is 42.9 Å². The summed E-state index contributed by atoms with van der Waals surface area (Å²) >= 11 is 0. The fraction of sp³-hybridized carbons (Fsp3) is 0.579. The van der Waals surface area contributed by atoms with Crippen molar-refractivity contribution in [3.05, 3.63) is 47.2 Å². The van der Waals surface area contributed by atoms with Crippen molar-refractivity contribution in [2.45, 2.75) is 37.5 Å². The Morgan fingerprint density at radius 3 is 2.06 bits per heavy atom. The van der Waals surface area contributed by atoms with Crippen molar-refractivity contribution < 1.29 is 63.2 Å². The number of fused-ring (bicyclic) bond motifs is 6. The maximum Gasteiger partial charge on any atom is 0.338 e. The monoisotopic (exact) mass is 744 g/mol. The third-order valence-corrected chi connectivity index (χ3v) is 11.1. The summed E-state index contributed by atoms with van der Waals surface area (Å²) in [6.07, 6.45) is 0.920. The molecule has 15 heteroatoms. The molecule has 292 valence electrons. The lowest BCUT2D eigenvalue weighted by Crippen LogP contribution is -2.58. The topological polar surface area (TPSA) is 199 Å². The van der Waals surface area contributed by atoms with Crippen molar-refractivity contribution in [1.29, 1.82) is 0 Å². The molecule has 3 heterocycles. The zero-order chi connectivity index (χ0) is 38.4. The number of hydrogen-bond acceptors (Lipinski definition) is 14. The number of rotatable bonds is 12. The largest absolute Gasteiger partial charge is 0.497 e. The molecular formula is C38H52N2O13. The van der Waals surface area contributed by atoms with Crippen LogP contribution in [0.5, 0.6) is 23.0 Å². The van der Waals surface area contributed by atoms with Gasteiger partial charge in [-0.3, -0.25) is 9.69 Å². The summed E-state index contributed by atoms with van der Waals surface area (Å²) in [6, 6.07) is 9.40. The van der Waals surface area contributed by atoms with Crippen LogP contribution in [0.25, 0.3) is 10.9 Å². The lowest BCUT2D eigenvalue weighted by Gasteiger charge is -2.52. The summed E-state index contributed by atoms with van der Waals surface area (Å²) in [5.41, 5.74) is 2.72. The number of methoxy groups -OCH3 is 6. The molecular weight excluding hydrogens is 692 g/mol. The third-order valence-electron chi connectivity index (χ3n) is 11.1. The molecule has 0 unspecified atom stereocenters. The van der Waals surface area contributed by atoms with Gasteiger partial charge in [0.15, 0.2) is 11.5 Å². The Bertz CT molecular complexity index is 1680. The fourth-order valence-corrected chi connectivity index (χ4v) is 8.06. The Morgan fingerprint density at radius 2 is 1.53 bits per heavy atom. The highest BCUT2D eigenvalue weighted by Crippen LogP contribution is 2.51. The fourth-order valence-electron chi connectivity index (χ4n) is 8.06. The van der Waals surface area contributed by atoms with Gasteiger partial charge in [-0.15, -0.1) is 0 Å². The minimum Gasteiger partial charge on any atom is -0.497 e. The van der Waals surface area contributed by atoms with Gasteiger partial charge < -0.3 is 58.6 Å². The number of hydrogen-bond donors (Lipinski definition) is 5. The van der Waals surface area contributed by atoms with Gasteiger partial charge in [0.05, 0.1) is 84.9 Å². The molecule has 6 rings (SSSR count). The van der Waals surface area contributed by atoms with E-state index in [4.69, 9.17) is 53.6 Å². The molecule has 2 aromatic carbocycles. The standard InChI is InChI=1S/C33H40N2O9.C5H12O4/c1-38-19-7-8-20-21-9-10-35-16-18-13-27(44-32(36)17-11-25(39-2)30(41-4)26(12-17)40-3)31(42-5)28(33(37)43-6)22(18)15-24(35)29(21)34-23(20)14-19;6-1-5(2-7,3-8)4-9/h7-8,11-12,14,18,22,24,27-28,31,34H,9-10,13,15-16H2,1-6H3;6-9H,1-4H2/t18-,22+,24-,27-,28+,31+;/m1./s1. The highest BCUT2D eigenvalue weighted by Gasteiger charge is 2.54. The van der Waals surface area contributed by atoms with E-state index in [1.807, 2.05) is 12.1 Å². The first kappa shape index (κ1) is 40.1. The van der Waals surface area contributed by atoms with E-state index >= 15 is 0 Å². The number of H-pyrrole nitrogens is 1. The molecule has 0 radical (unpaired) electrons. The quantitative estimate of drug-likeness (QED) is 0.169. The van der Waals surface area contributed by atoms with E-state index in [0.29, 0.717) is 23.7 Å². The predicted molar refractivity (Wildman–Crippen MR) is 191 cm³/mol. The van der Waals surface area contributed by atoms with E-state index in [0.717, 1.165) is 37.2 Å². The Morgan fingerprint density at radius 1 is 0.868 bits per heavy atom. The Hall–Kier alpha value is -4.12. The third kappa shape index (κ3) is 7.77. The maximum absolute atomic E-state index is 13.5. The van der Waals surface area contributed by atoms with Crippen molar-refractivity contribution in [1.82, 2.24) is 9.88 Å². The summed E-state index contributed by atoms with van der Waals surface area (Å²) < 4.78 is 39.1. The summed E-state index contributed by atoms with van der Waals surface area (Å²) in [6.45, 7) is 0.0575. The van der Waals surface area contributed by atoms with Crippen LogP contribution < -0.4 is 18.9 Å². The predicted octanol–water partition coefficient (Wildman–Crippen LogP) is 2.11. The van der Waals surface area contributed by atoms with Gasteiger partial charge >= 0.3 is 11.9 Å². The van der Waals surface area contributed by atoms with Crippen LogP contribution in [-0.4, -0.2) is 137 Å². The zero-order valence-corrected chi connectivity index (χ0v) is 31.1. The van der Waals surface area contributed by atoms with Gasteiger partial charge in [-0.2, -0.15) is 0 Å². The Labute approximate surface area is 308 Å². The van der Waals surface area contributed by atoms with Crippen LogP contribution in [0.15, 0.2) is 30.3 Å². The van der Waals surface area contributed by atoms with Crippen LogP contribution in [0, 0.1) is 23.2 Å². The summed E-state index contributed by atoms with van der Waals surface area (Å²) in [7, 11) is 9.10. The van der Waals surface area contributed by atoms with Crippen molar-refractivity contribution in [2.24, 2.45) is 23.2 Å². The second-order valence-corrected chi connectivity index (χ2v) is 13.8. The van der Waals surface area contributed by atoms with Crippen molar-refractivity contribution >= 4 is 22.8 Å². The molecule has 0 bridgehead atoms. The molecule has 1 saturated carbocycles. The van der Waals surface area contributed by atoms with Gasteiger partial charge in [0.2, 0.25) is 5.75 Å². The summed E-state index contributed by atoms with van der Waals surface area (Å²) in [5, 5.41) is 35.2. The average molecular weight is 745 g/mol. The number of carbonyl (C=O) groups excluding carboxylic acids is 2. The number of esters is 2. The van der Waals surface area contributed by atoms with Gasteiger partial charge in [-0.25, -0.2) is 4.79 Å². The van der Waals surface area contributed by atoms with E-state index < -0.39 is 55.9 Å². The lowest BCUT2D eigenvalue weighted by molar-refractivity contribution is -0.176. The van der Waals surface area contributed by atoms with E-state index in [1.165, 1.54) is 45.1 Å². The Balaban J connectivity index is 0.000000534. The number of piperidine rings is 1. The number of aliphatic hydroxyl groups excluding tert-OH is 4. The molecule has 0 spiro atoms.